The molecule has 1 fully saturated rings. The number of anilines is 1. The quantitative estimate of drug-likeness (QED) is 0.353. The van der Waals surface area contributed by atoms with Crippen molar-refractivity contribution < 1.29 is 28.7 Å². The highest BCUT2D eigenvalue weighted by molar-refractivity contribution is 6.02. The molecular formula is C27H25N3O6. The van der Waals surface area contributed by atoms with E-state index in [1.165, 1.54) is 19.1 Å². The van der Waals surface area contributed by atoms with Gasteiger partial charge in [-0.3, -0.25) is 14.5 Å². The zero-order valence-corrected chi connectivity index (χ0v) is 19.6. The molecule has 3 aromatic carbocycles. The van der Waals surface area contributed by atoms with E-state index in [-0.39, 0.29) is 24.6 Å². The van der Waals surface area contributed by atoms with E-state index in [4.69, 9.17) is 9.47 Å². The SMILES string of the molecule is CC(OC(=O)c1cccc(CN2C(=O)CNC2=O)c1)C(=O)Nc1ccc(OCc2ccccc2)cc1. The maximum absolute atomic E-state index is 12.6. The number of rotatable bonds is 9. The molecule has 2 N–H and O–H groups in total. The molecule has 184 valence electrons. The first kappa shape index (κ1) is 24.5. The van der Waals surface area contributed by atoms with E-state index in [2.05, 4.69) is 10.6 Å². The van der Waals surface area contributed by atoms with Crippen LogP contribution < -0.4 is 15.4 Å². The van der Waals surface area contributed by atoms with E-state index >= 15 is 0 Å². The van der Waals surface area contributed by atoms with Crippen molar-refractivity contribution in [3.8, 4) is 5.75 Å². The number of nitrogens with one attached hydrogen (secondary N) is 2. The first-order valence-electron chi connectivity index (χ1n) is 11.3. The van der Waals surface area contributed by atoms with Gasteiger partial charge in [-0.25, -0.2) is 9.59 Å². The molecule has 0 aromatic heterocycles. The number of urea groups is 1. The lowest BCUT2D eigenvalue weighted by molar-refractivity contribution is -0.125. The number of imide groups is 1. The minimum Gasteiger partial charge on any atom is -0.489 e. The molecule has 1 saturated heterocycles. The third-order valence-corrected chi connectivity index (χ3v) is 5.46. The summed E-state index contributed by atoms with van der Waals surface area (Å²) < 4.78 is 11.1. The summed E-state index contributed by atoms with van der Waals surface area (Å²) in [5.41, 5.74) is 2.37. The van der Waals surface area contributed by atoms with Crippen molar-refractivity contribution in [2.45, 2.75) is 26.2 Å². The first-order valence-corrected chi connectivity index (χ1v) is 11.3. The van der Waals surface area contributed by atoms with E-state index < -0.39 is 24.0 Å². The first-order chi connectivity index (χ1) is 17.4. The Bertz CT molecular complexity index is 1240. The van der Waals surface area contributed by atoms with Gasteiger partial charge in [0.05, 0.1) is 18.7 Å². The summed E-state index contributed by atoms with van der Waals surface area (Å²) in [6.07, 6.45) is -1.05. The second-order valence-electron chi connectivity index (χ2n) is 8.17. The van der Waals surface area contributed by atoms with Crippen molar-refractivity contribution >= 4 is 29.5 Å². The molecular weight excluding hydrogens is 462 g/mol. The van der Waals surface area contributed by atoms with Crippen LogP contribution >= 0.6 is 0 Å². The standard InChI is InChI=1S/C27H25N3O6/c1-18(25(32)29-22-10-12-23(13-11-22)35-17-19-6-3-2-4-7-19)36-26(33)21-9-5-8-20(14-21)16-30-24(31)15-28-27(30)34/h2-14,18H,15-17H2,1H3,(H,28,34)(H,29,32). The molecule has 0 saturated carbocycles. The Kier molecular flexibility index (Phi) is 7.60. The Morgan fingerprint density at radius 2 is 1.69 bits per heavy atom. The van der Waals surface area contributed by atoms with Crippen LogP contribution in [0.15, 0.2) is 78.9 Å². The van der Waals surface area contributed by atoms with Gasteiger partial charge in [-0.05, 0) is 54.4 Å². The van der Waals surface area contributed by atoms with Gasteiger partial charge in [0, 0.05) is 5.69 Å². The summed E-state index contributed by atoms with van der Waals surface area (Å²) >= 11 is 0. The number of hydrogen-bond donors (Lipinski definition) is 2. The highest BCUT2D eigenvalue weighted by atomic mass is 16.5. The molecule has 1 atom stereocenters. The van der Waals surface area contributed by atoms with Crippen LogP contribution in [-0.2, 0) is 27.5 Å². The number of ether oxygens (including phenoxy) is 2. The second-order valence-corrected chi connectivity index (χ2v) is 8.17. The van der Waals surface area contributed by atoms with Gasteiger partial charge in [-0.1, -0.05) is 42.5 Å². The second kappa shape index (κ2) is 11.2. The Morgan fingerprint density at radius 3 is 2.39 bits per heavy atom. The van der Waals surface area contributed by atoms with E-state index in [0.29, 0.717) is 23.6 Å². The van der Waals surface area contributed by atoms with Gasteiger partial charge in [0.2, 0.25) is 5.91 Å². The Balaban J connectivity index is 1.28. The third kappa shape index (κ3) is 6.26. The Morgan fingerprint density at radius 1 is 0.972 bits per heavy atom. The van der Waals surface area contributed by atoms with Gasteiger partial charge < -0.3 is 20.1 Å². The van der Waals surface area contributed by atoms with Crippen molar-refractivity contribution in [2.75, 3.05) is 11.9 Å². The van der Waals surface area contributed by atoms with Crippen LogP contribution in [0.4, 0.5) is 10.5 Å². The largest absolute Gasteiger partial charge is 0.489 e. The number of nitrogens with zero attached hydrogens (tertiary/aromatic N) is 1. The van der Waals surface area contributed by atoms with Crippen molar-refractivity contribution in [1.82, 2.24) is 10.2 Å². The zero-order chi connectivity index (χ0) is 25.5. The molecule has 1 aliphatic heterocycles. The van der Waals surface area contributed by atoms with Crippen LogP contribution in [0.2, 0.25) is 0 Å². The molecule has 0 spiro atoms. The molecule has 1 heterocycles. The third-order valence-electron chi connectivity index (χ3n) is 5.46. The molecule has 9 nitrogen and oxygen atoms in total. The summed E-state index contributed by atoms with van der Waals surface area (Å²) in [7, 11) is 0. The number of benzene rings is 3. The van der Waals surface area contributed by atoms with Gasteiger partial charge in [0.1, 0.15) is 12.4 Å². The van der Waals surface area contributed by atoms with Crippen LogP contribution in [0.3, 0.4) is 0 Å². The fraction of sp³-hybridized carbons (Fsp3) is 0.185. The van der Waals surface area contributed by atoms with E-state index in [1.807, 2.05) is 30.3 Å². The molecule has 0 radical (unpaired) electrons. The Hall–Kier alpha value is -4.66. The number of amides is 4. The average molecular weight is 488 g/mol. The van der Waals surface area contributed by atoms with E-state index in [0.717, 1.165) is 10.5 Å². The molecule has 3 aromatic rings. The van der Waals surface area contributed by atoms with Crippen molar-refractivity contribution in [2.24, 2.45) is 0 Å². The number of carbonyl (C=O) groups is 4. The van der Waals surface area contributed by atoms with E-state index in [9.17, 15) is 19.2 Å². The predicted octanol–water partition coefficient (Wildman–Crippen LogP) is 3.50. The zero-order valence-electron chi connectivity index (χ0n) is 19.6. The van der Waals surface area contributed by atoms with Gasteiger partial charge in [-0.15, -0.1) is 0 Å². The molecule has 4 amide bonds. The van der Waals surface area contributed by atoms with Crippen molar-refractivity contribution in [3.05, 3.63) is 95.6 Å². The molecule has 9 heteroatoms. The number of hydrogen-bond acceptors (Lipinski definition) is 6. The van der Waals surface area contributed by atoms with Crippen LogP contribution in [0.25, 0.3) is 0 Å². The lowest BCUT2D eigenvalue weighted by atomic mass is 10.1. The van der Waals surface area contributed by atoms with Gasteiger partial charge in [0.25, 0.3) is 5.91 Å². The minimum absolute atomic E-state index is 0.0346. The highest BCUT2D eigenvalue weighted by Crippen LogP contribution is 2.18. The molecule has 1 aliphatic rings. The van der Waals surface area contributed by atoms with Gasteiger partial charge >= 0.3 is 12.0 Å². The molecule has 0 aliphatic carbocycles. The summed E-state index contributed by atoms with van der Waals surface area (Å²) in [6.45, 7) is 1.90. The van der Waals surface area contributed by atoms with Gasteiger partial charge in [-0.2, -0.15) is 0 Å². The fourth-order valence-electron chi connectivity index (χ4n) is 3.50. The molecule has 36 heavy (non-hydrogen) atoms. The molecule has 1 unspecified atom stereocenters. The van der Waals surface area contributed by atoms with Gasteiger partial charge in [0.15, 0.2) is 6.10 Å². The predicted molar refractivity (Wildman–Crippen MR) is 131 cm³/mol. The van der Waals surface area contributed by atoms with E-state index in [1.54, 1.807) is 36.4 Å². The minimum atomic E-state index is -1.05. The summed E-state index contributed by atoms with van der Waals surface area (Å²) in [5, 5.41) is 5.15. The average Bonchev–Trinajstić information content (AvgIpc) is 3.21. The highest BCUT2D eigenvalue weighted by Gasteiger charge is 2.28. The summed E-state index contributed by atoms with van der Waals surface area (Å²) in [6, 6.07) is 22.6. The smallest absolute Gasteiger partial charge is 0.338 e. The van der Waals surface area contributed by atoms with Crippen LogP contribution in [0, 0.1) is 0 Å². The number of carbonyl (C=O) groups excluding carboxylic acids is 4. The monoisotopic (exact) mass is 487 g/mol. The lowest BCUT2D eigenvalue weighted by Crippen LogP contribution is -2.31. The van der Waals surface area contributed by atoms with Crippen molar-refractivity contribution in [1.29, 1.82) is 0 Å². The van der Waals surface area contributed by atoms with Crippen LogP contribution in [0.5, 0.6) is 5.75 Å². The topological polar surface area (TPSA) is 114 Å². The van der Waals surface area contributed by atoms with Crippen LogP contribution in [-0.4, -0.2) is 41.4 Å². The maximum atomic E-state index is 12.6. The lowest BCUT2D eigenvalue weighted by Gasteiger charge is -2.15. The van der Waals surface area contributed by atoms with Crippen LogP contribution in [0.1, 0.15) is 28.4 Å². The number of esters is 1. The van der Waals surface area contributed by atoms with Crippen molar-refractivity contribution in [3.63, 3.8) is 0 Å². The Labute approximate surface area is 208 Å². The summed E-state index contributed by atoms with van der Waals surface area (Å²) in [5.74, 6) is -0.864. The fourth-order valence-corrected chi connectivity index (χ4v) is 3.50. The molecule has 0 bridgehead atoms. The normalized spacial score (nSPS) is 13.6. The summed E-state index contributed by atoms with van der Waals surface area (Å²) in [4.78, 5) is 49.7. The maximum Gasteiger partial charge on any atom is 0.338 e. The molecule has 4 rings (SSSR count).